The number of para-hydroxylation sites is 1. The van der Waals surface area contributed by atoms with E-state index in [1.54, 1.807) is 19.2 Å². The van der Waals surface area contributed by atoms with Crippen LogP contribution in [0.1, 0.15) is 27.2 Å². The number of aromatic nitrogens is 2. The summed E-state index contributed by atoms with van der Waals surface area (Å²) in [6, 6.07) is 16.8. The van der Waals surface area contributed by atoms with Gasteiger partial charge < -0.3 is 19.2 Å². The van der Waals surface area contributed by atoms with E-state index in [1.165, 1.54) is 0 Å². The van der Waals surface area contributed by atoms with E-state index in [-0.39, 0.29) is 12.5 Å². The first-order chi connectivity index (χ1) is 14.5. The summed E-state index contributed by atoms with van der Waals surface area (Å²) in [5.74, 6) is 0.836. The average molecular weight is 401 g/mol. The summed E-state index contributed by atoms with van der Waals surface area (Å²) in [6.07, 6.45) is 3.89. The number of rotatable bonds is 6. The van der Waals surface area contributed by atoms with Crippen LogP contribution in [0.25, 0.3) is 5.65 Å². The number of nitrogens with one attached hydrogen (secondary N) is 1. The lowest BCUT2D eigenvalue weighted by Crippen LogP contribution is -2.14. The number of ether oxygens (including phenoxy) is 2. The number of hydrogen-bond donors (Lipinski definition) is 1. The molecule has 1 N–H and O–H groups in total. The summed E-state index contributed by atoms with van der Waals surface area (Å²) in [7, 11) is 1.58. The third-order valence-electron chi connectivity index (χ3n) is 4.84. The second kappa shape index (κ2) is 8.29. The van der Waals surface area contributed by atoms with E-state index >= 15 is 0 Å². The number of anilines is 1. The number of aryl methyl sites for hydroxylation is 2. The van der Waals surface area contributed by atoms with Gasteiger partial charge in [-0.15, -0.1) is 0 Å². The molecular formula is C24H23N3O3. The molecule has 0 saturated heterocycles. The first-order valence-electron chi connectivity index (χ1n) is 9.66. The minimum absolute atomic E-state index is 0.263. The van der Waals surface area contributed by atoms with Crippen molar-refractivity contribution in [3.05, 3.63) is 89.4 Å². The maximum Gasteiger partial charge on any atom is 0.259 e. The van der Waals surface area contributed by atoms with Crippen LogP contribution >= 0.6 is 0 Å². The van der Waals surface area contributed by atoms with Gasteiger partial charge in [0, 0.05) is 12.4 Å². The summed E-state index contributed by atoms with van der Waals surface area (Å²) in [4.78, 5) is 17.6. The van der Waals surface area contributed by atoms with Crippen LogP contribution in [0.3, 0.4) is 0 Å². The maximum atomic E-state index is 12.9. The number of carbonyl (C=O) groups is 1. The minimum atomic E-state index is -0.264. The van der Waals surface area contributed by atoms with E-state index in [0.717, 1.165) is 22.5 Å². The van der Waals surface area contributed by atoms with Crippen LogP contribution in [0.4, 0.5) is 5.69 Å². The first kappa shape index (κ1) is 19.5. The molecule has 30 heavy (non-hydrogen) atoms. The van der Waals surface area contributed by atoms with Gasteiger partial charge in [-0.25, -0.2) is 4.98 Å². The Hall–Kier alpha value is -3.80. The van der Waals surface area contributed by atoms with Crippen molar-refractivity contribution in [3.63, 3.8) is 0 Å². The molecule has 2 heterocycles. The number of nitrogens with zero attached hydrogens (tertiary/aromatic N) is 2. The Labute approximate surface area is 175 Å². The third-order valence-corrected chi connectivity index (χ3v) is 4.84. The highest BCUT2D eigenvalue weighted by atomic mass is 16.5. The lowest BCUT2D eigenvalue weighted by molar-refractivity contribution is 0.102. The summed E-state index contributed by atoms with van der Waals surface area (Å²) in [6.45, 7) is 4.24. The normalized spacial score (nSPS) is 10.8. The van der Waals surface area contributed by atoms with Crippen molar-refractivity contribution >= 4 is 17.2 Å². The lowest BCUT2D eigenvalue weighted by atomic mass is 10.1. The molecule has 0 radical (unpaired) electrons. The maximum absolute atomic E-state index is 12.9. The molecule has 6 heteroatoms. The van der Waals surface area contributed by atoms with Crippen LogP contribution in [-0.2, 0) is 6.61 Å². The Morgan fingerprint density at radius 3 is 2.70 bits per heavy atom. The van der Waals surface area contributed by atoms with Crippen LogP contribution in [0, 0.1) is 13.8 Å². The molecule has 4 rings (SSSR count). The van der Waals surface area contributed by atoms with Gasteiger partial charge >= 0.3 is 0 Å². The van der Waals surface area contributed by atoms with Gasteiger partial charge in [0.25, 0.3) is 5.91 Å². The Kier molecular flexibility index (Phi) is 5.39. The Morgan fingerprint density at radius 1 is 1.07 bits per heavy atom. The zero-order valence-electron chi connectivity index (χ0n) is 17.2. The standard InChI is InChI=1S/C24H23N3O3/c1-16-10-11-22(29-3)20(13-16)26-24(28)19-8-4-5-9-21(19)30-15-18-14-27-12-6-7-17(2)23(27)25-18/h4-14H,15H2,1-3H3,(H,26,28). The fraction of sp³-hybridized carbons (Fsp3) is 0.167. The van der Waals surface area contributed by atoms with Gasteiger partial charge in [-0.05, 0) is 55.3 Å². The zero-order chi connectivity index (χ0) is 21.1. The van der Waals surface area contributed by atoms with Crippen molar-refractivity contribution in [2.24, 2.45) is 0 Å². The van der Waals surface area contributed by atoms with Gasteiger partial charge in [-0.1, -0.05) is 24.3 Å². The Bertz CT molecular complexity index is 1210. The van der Waals surface area contributed by atoms with Gasteiger partial charge in [0.2, 0.25) is 0 Å². The van der Waals surface area contributed by atoms with Crippen molar-refractivity contribution < 1.29 is 14.3 Å². The monoisotopic (exact) mass is 401 g/mol. The van der Waals surface area contributed by atoms with E-state index in [9.17, 15) is 4.79 Å². The molecule has 0 atom stereocenters. The number of methoxy groups -OCH3 is 1. The van der Waals surface area contributed by atoms with Crippen LogP contribution in [0.2, 0.25) is 0 Å². The smallest absolute Gasteiger partial charge is 0.259 e. The number of carbonyl (C=O) groups excluding carboxylic acids is 1. The van der Waals surface area contributed by atoms with Gasteiger partial charge in [-0.3, -0.25) is 4.79 Å². The highest BCUT2D eigenvalue weighted by Gasteiger charge is 2.15. The lowest BCUT2D eigenvalue weighted by Gasteiger charge is -2.13. The van der Waals surface area contributed by atoms with E-state index in [1.807, 2.05) is 73.1 Å². The van der Waals surface area contributed by atoms with Crippen LogP contribution in [0.5, 0.6) is 11.5 Å². The minimum Gasteiger partial charge on any atom is -0.495 e. The number of fused-ring (bicyclic) bond motifs is 1. The summed E-state index contributed by atoms with van der Waals surface area (Å²) < 4.78 is 13.3. The SMILES string of the molecule is COc1ccc(C)cc1NC(=O)c1ccccc1OCc1cn2cccc(C)c2n1. The molecule has 2 aromatic heterocycles. The second-order valence-corrected chi connectivity index (χ2v) is 7.10. The fourth-order valence-corrected chi connectivity index (χ4v) is 3.31. The van der Waals surface area contributed by atoms with Gasteiger partial charge in [0.1, 0.15) is 23.8 Å². The fourth-order valence-electron chi connectivity index (χ4n) is 3.31. The van der Waals surface area contributed by atoms with Crippen molar-refractivity contribution in [3.8, 4) is 11.5 Å². The van der Waals surface area contributed by atoms with Crippen LogP contribution in [-0.4, -0.2) is 22.4 Å². The molecule has 0 fully saturated rings. The zero-order valence-corrected chi connectivity index (χ0v) is 17.2. The van der Waals surface area contributed by atoms with E-state index in [0.29, 0.717) is 22.7 Å². The molecule has 0 spiro atoms. The Morgan fingerprint density at radius 2 is 1.90 bits per heavy atom. The Balaban J connectivity index is 1.54. The van der Waals surface area contributed by atoms with Gasteiger partial charge in [0.05, 0.1) is 24.1 Å². The molecule has 0 aliphatic rings. The summed E-state index contributed by atoms with van der Waals surface area (Å²) >= 11 is 0. The molecule has 1 amide bonds. The predicted octanol–water partition coefficient (Wildman–Crippen LogP) is 4.79. The van der Waals surface area contributed by atoms with Crippen molar-refractivity contribution in [1.29, 1.82) is 0 Å². The summed E-state index contributed by atoms with van der Waals surface area (Å²) in [5.41, 5.74) is 4.87. The van der Waals surface area contributed by atoms with E-state index < -0.39 is 0 Å². The molecule has 0 bridgehead atoms. The molecule has 0 aliphatic carbocycles. The number of pyridine rings is 1. The predicted molar refractivity (Wildman–Crippen MR) is 116 cm³/mol. The topological polar surface area (TPSA) is 64.9 Å². The van der Waals surface area contributed by atoms with Gasteiger partial charge in [0.15, 0.2) is 0 Å². The molecule has 152 valence electrons. The van der Waals surface area contributed by atoms with E-state index in [4.69, 9.17) is 9.47 Å². The molecule has 4 aromatic rings. The summed E-state index contributed by atoms with van der Waals surface area (Å²) in [5, 5.41) is 2.92. The van der Waals surface area contributed by atoms with Crippen LogP contribution < -0.4 is 14.8 Å². The van der Waals surface area contributed by atoms with Crippen molar-refractivity contribution in [2.75, 3.05) is 12.4 Å². The number of imidazole rings is 1. The molecule has 6 nitrogen and oxygen atoms in total. The van der Waals surface area contributed by atoms with Crippen LogP contribution in [0.15, 0.2) is 67.0 Å². The quantitative estimate of drug-likeness (QED) is 0.504. The van der Waals surface area contributed by atoms with E-state index in [2.05, 4.69) is 10.3 Å². The largest absolute Gasteiger partial charge is 0.495 e. The van der Waals surface area contributed by atoms with Crippen molar-refractivity contribution in [1.82, 2.24) is 9.38 Å². The third kappa shape index (κ3) is 3.98. The molecule has 0 unspecified atom stereocenters. The molecule has 0 saturated carbocycles. The molecular weight excluding hydrogens is 378 g/mol. The number of hydrogen-bond acceptors (Lipinski definition) is 4. The second-order valence-electron chi connectivity index (χ2n) is 7.10. The first-order valence-corrected chi connectivity index (χ1v) is 9.66. The number of amides is 1. The highest BCUT2D eigenvalue weighted by molar-refractivity contribution is 6.06. The van der Waals surface area contributed by atoms with Crippen molar-refractivity contribution in [2.45, 2.75) is 20.5 Å². The number of benzene rings is 2. The van der Waals surface area contributed by atoms with Gasteiger partial charge in [-0.2, -0.15) is 0 Å². The average Bonchev–Trinajstić information content (AvgIpc) is 3.17. The highest BCUT2D eigenvalue weighted by Crippen LogP contribution is 2.27. The molecule has 0 aliphatic heterocycles. The molecule has 2 aromatic carbocycles.